The van der Waals surface area contributed by atoms with E-state index in [4.69, 9.17) is 10.8 Å². The van der Waals surface area contributed by atoms with Gasteiger partial charge in [0.15, 0.2) is 0 Å². The number of nitrogens with one attached hydrogen (secondary N) is 1. The van der Waals surface area contributed by atoms with Crippen molar-refractivity contribution in [2.24, 2.45) is 11.7 Å². The van der Waals surface area contributed by atoms with Gasteiger partial charge in [0.2, 0.25) is 5.91 Å². The molecular weight excluding hydrogens is 250 g/mol. The average molecular weight is 271 g/mol. The third-order valence-electron chi connectivity index (χ3n) is 3.30. The van der Waals surface area contributed by atoms with Gasteiger partial charge in [-0.1, -0.05) is 13.3 Å². The number of carboxylic acid groups (broad SMARTS) is 1. The summed E-state index contributed by atoms with van der Waals surface area (Å²) in [6.45, 7) is 2.67. The van der Waals surface area contributed by atoms with Crippen LogP contribution in [0.15, 0.2) is 0 Å². The minimum atomic E-state index is -1.03. The fraction of sp³-hybridized carbons (Fsp3) is 0.750. The van der Waals surface area contributed by atoms with E-state index in [2.05, 4.69) is 5.32 Å². The Balaban J connectivity index is 2.56. The minimum Gasteiger partial charge on any atom is -0.480 e. The summed E-state index contributed by atoms with van der Waals surface area (Å²) in [6.07, 6.45) is 2.42. The van der Waals surface area contributed by atoms with E-state index in [0.717, 1.165) is 0 Å². The first-order valence-electron chi connectivity index (χ1n) is 6.53. The van der Waals surface area contributed by atoms with Gasteiger partial charge in [0, 0.05) is 13.1 Å². The van der Waals surface area contributed by atoms with Crippen molar-refractivity contribution in [1.29, 1.82) is 0 Å². The third kappa shape index (κ3) is 4.42. The van der Waals surface area contributed by atoms with Crippen LogP contribution in [-0.4, -0.2) is 47.0 Å². The van der Waals surface area contributed by atoms with Gasteiger partial charge in [-0.25, -0.2) is 9.59 Å². The van der Waals surface area contributed by atoms with Crippen molar-refractivity contribution in [3.05, 3.63) is 0 Å². The van der Waals surface area contributed by atoms with Gasteiger partial charge in [0.05, 0.1) is 5.92 Å². The SMILES string of the molecule is CCC[C@H](NC(=O)C1CCCN(C(N)=O)C1)C(=O)O. The molecule has 108 valence electrons. The van der Waals surface area contributed by atoms with E-state index in [0.29, 0.717) is 32.2 Å². The van der Waals surface area contributed by atoms with E-state index in [1.54, 1.807) is 0 Å². The van der Waals surface area contributed by atoms with Crippen LogP contribution in [0.2, 0.25) is 0 Å². The number of aliphatic carboxylic acids is 1. The molecule has 1 aliphatic rings. The number of likely N-dealkylation sites (tertiary alicyclic amines) is 1. The van der Waals surface area contributed by atoms with Crippen molar-refractivity contribution in [1.82, 2.24) is 10.2 Å². The predicted octanol–water partition coefficient (Wildman–Crippen LogP) is 0.147. The number of piperidine rings is 1. The summed E-state index contributed by atoms with van der Waals surface area (Å²) in [5, 5.41) is 11.5. The predicted molar refractivity (Wildman–Crippen MR) is 68.4 cm³/mol. The summed E-state index contributed by atoms with van der Waals surface area (Å²) >= 11 is 0. The van der Waals surface area contributed by atoms with Gasteiger partial charge in [-0.05, 0) is 19.3 Å². The Morgan fingerprint density at radius 3 is 2.68 bits per heavy atom. The molecule has 1 unspecified atom stereocenters. The maximum Gasteiger partial charge on any atom is 0.326 e. The third-order valence-corrected chi connectivity index (χ3v) is 3.30. The monoisotopic (exact) mass is 271 g/mol. The lowest BCUT2D eigenvalue weighted by Gasteiger charge is -2.31. The highest BCUT2D eigenvalue weighted by molar-refractivity contribution is 5.85. The van der Waals surface area contributed by atoms with Crippen molar-refractivity contribution in [3.8, 4) is 0 Å². The average Bonchev–Trinajstić information content (AvgIpc) is 2.38. The Labute approximate surface area is 112 Å². The molecule has 2 atom stereocenters. The number of primary amides is 1. The summed E-state index contributed by atoms with van der Waals surface area (Å²) in [7, 11) is 0. The molecule has 0 radical (unpaired) electrons. The highest BCUT2D eigenvalue weighted by Crippen LogP contribution is 2.16. The molecule has 0 aromatic rings. The molecule has 1 rings (SSSR count). The van der Waals surface area contributed by atoms with Crippen molar-refractivity contribution in [3.63, 3.8) is 0 Å². The number of rotatable bonds is 5. The fourth-order valence-corrected chi connectivity index (χ4v) is 2.23. The van der Waals surface area contributed by atoms with E-state index >= 15 is 0 Å². The molecule has 1 aliphatic heterocycles. The Hall–Kier alpha value is -1.79. The molecule has 19 heavy (non-hydrogen) atoms. The first kappa shape index (κ1) is 15.3. The van der Waals surface area contributed by atoms with E-state index in [1.165, 1.54) is 4.90 Å². The molecule has 0 saturated carbocycles. The molecule has 1 heterocycles. The van der Waals surface area contributed by atoms with Crippen LogP contribution in [0.3, 0.4) is 0 Å². The quantitative estimate of drug-likeness (QED) is 0.660. The summed E-state index contributed by atoms with van der Waals surface area (Å²) in [4.78, 5) is 35.5. The molecule has 4 N–H and O–H groups in total. The van der Waals surface area contributed by atoms with Crippen LogP contribution in [0.4, 0.5) is 4.79 Å². The number of urea groups is 1. The maximum atomic E-state index is 12.0. The Morgan fingerprint density at radius 1 is 1.47 bits per heavy atom. The topological polar surface area (TPSA) is 113 Å². The van der Waals surface area contributed by atoms with Crippen LogP contribution in [0.1, 0.15) is 32.6 Å². The number of nitrogens with two attached hydrogens (primary N) is 1. The smallest absolute Gasteiger partial charge is 0.326 e. The molecule has 7 nitrogen and oxygen atoms in total. The van der Waals surface area contributed by atoms with Gasteiger partial charge in [0.1, 0.15) is 6.04 Å². The second kappa shape index (κ2) is 6.96. The van der Waals surface area contributed by atoms with Crippen LogP contribution >= 0.6 is 0 Å². The molecule has 3 amide bonds. The van der Waals surface area contributed by atoms with Gasteiger partial charge >= 0.3 is 12.0 Å². The van der Waals surface area contributed by atoms with Crippen LogP contribution < -0.4 is 11.1 Å². The maximum absolute atomic E-state index is 12.0. The van der Waals surface area contributed by atoms with Crippen molar-refractivity contribution in [2.45, 2.75) is 38.6 Å². The number of carbonyl (C=O) groups is 3. The standard InChI is InChI=1S/C12H21N3O4/c1-2-4-9(11(17)18)14-10(16)8-5-3-6-15(7-8)12(13)19/h8-9H,2-7H2,1H3,(H2,13,19)(H,14,16)(H,17,18)/t8?,9-/m0/s1. The lowest BCUT2D eigenvalue weighted by molar-refractivity contribution is -0.143. The number of hydrogen-bond acceptors (Lipinski definition) is 3. The Bertz CT molecular complexity index is 359. The summed E-state index contributed by atoms with van der Waals surface area (Å²) in [5.41, 5.74) is 5.19. The highest BCUT2D eigenvalue weighted by Gasteiger charge is 2.29. The second-order valence-corrected chi connectivity index (χ2v) is 4.81. The van der Waals surface area contributed by atoms with E-state index in [1.807, 2.05) is 6.92 Å². The summed E-state index contributed by atoms with van der Waals surface area (Å²) in [5.74, 6) is -1.72. The number of nitrogens with zero attached hydrogens (tertiary/aromatic N) is 1. The molecule has 0 spiro atoms. The van der Waals surface area contributed by atoms with Gasteiger partial charge in [-0.2, -0.15) is 0 Å². The van der Waals surface area contributed by atoms with Crippen LogP contribution in [0.25, 0.3) is 0 Å². The van der Waals surface area contributed by atoms with Crippen LogP contribution in [0.5, 0.6) is 0 Å². The molecule has 0 aromatic carbocycles. The molecule has 0 aromatic heterocycles. The largest absolute Gasteiger partial charge is 0.480 e. The van der Waals surface area contributed by atoms with E-state index in [9.17, 15) is 14.4 Å². The molecule has 1 saturated heterocycles. The fourth-order valence-electron chi connectivity index (χ4n) is 2.23. The summed E-state index contributed by atoms with van der Waals surface area (Å²) in [6, 6.07) is -1.40. The molecular formula is C12H21N3O4. The lowest BCUT2D eigenvalue weighted by Crippen LogP contribution is -2.50. The van der Waals surface area contributed by atoms with Gasteiger partial charge < -0.3 is 21.1 Å². The van der Waals surface area contributed by atoms with Gasteiger partial charge in [-0.3, -0.25) is 4.79 Å². The summed E-state index contributed by atoms with van der Waals surface area (Å²) < 4.78 is 0. The van der Waals surface area contributed by atoms with Crippen molar-refractivity contribution in [2.75, 3.05) is 13.1 Å². The number of amides is 3. The molecule has 0 aliphatic carbocycles. The minimum absolute atomic E-state index is 0.264. The van der Waals surface area contributed by atoms with E-state index in [-0.39, 0.29) is 18.4 Å². The zero-order valence-corrected chi connectivity index (χ0v) is 11.1. The van der Waals surface area contributed by atoms with Crippen molar-refractivity contribution < 1.29 is 19.5 Å². The van der Waals surface area contributed by atoms with Gasteiger partial charge in [-0.15, -0.1) is 0 Å². The first-order valence-corrected chi connectivity index (χ1v) is 6.53. The number of carbonyl (C=O) groups excluding carboxylic acids is 2. The number of hydrogen-bond donors (Lipinski definition) is 3. The van der Waals surface area contributed by atoms with Gasteiger partial charge in [0.25, 0.3) is 0 Å². The molecule has 7 heteroatoms. The first-order chi connectivity index (χ1) is 8.95. The van der Waals surface area contributed by atoms with Crippen molar-refractivity contribution >= 4 is 17.9 Å². The van der Waals surface area contributed by atoms with Crippen LogP contribution in [0, 0.1) is 5.92 Å². The van der Waals surface area contributed by atoms with E-state index < -0.39 is 18.0 Å². The Morgan fingerprint density at radius 2 is 2.16 bits per heavy atom. The number of carboxylic acids is 1. The zero-order chi connectivity index (χ0) is 14.4. The second-order valence-electron chi connectivity index (χ2n) is 4.81. The Kier molecular flexibility index (Phi) is 5.59. The van der Waals surface area contributed by atoms with Crippen LogP contribution in [-0.2, 0) is 9.59 Å². The zero-order valence-electron chi connectivity index (χ0n) is 11.1. The highest BCUT2D eigenvalue weighted by atomic mass is 16.4. The normalized spacial score (nSPS) is 20.7. The molecule has 1 fully saturated rings. The molecule has 0 bridgehead atoms. The lowest BCUT2D eigenvalue weighted by atomic mass is 9.96.